The van der Waals surface area contributed by atoms with Gasteiger partial charge in [-0.3, -0.25) is 0 Å². The molecule has 0 saturated heterocycles. The summed E-state index contributed by atoms with van der Waals surface area (Å²) in [4.78, 5) is 1.30. The first-order chi connectivity index (χ1) is 10.3. The van der Waals surface area contributed by atoms with Gasteiger partial charge in [0, 0.05) is 16.8 Å². The molecular weight excluding hydrogens is 298 g/mol. The van der Waals surface area contributed by atoms with E-state index in [4.69, 9.17) is 11.6 Å². The van der Waals surface area contributed by atoms with Gasteiger partial charge in [-0.25, -0.2) is 0 Å². The van der Waals surface area contributed by atoms with Crippen LogP contribution in [0.2, 0.25) is 5.02 Å². The molecule has 2 unspecified atom stereocenters. The summed E-state index contributed by atoms with van der Waals surface area (Å²) < 4.78 is 0. The van der Waals surface area contributed by atoms with Gasteiger partial charge in [0.05, 0.1) is 5.02 Å². The topological polar surface area (TPSA) is 12.0 Å². The molecule has 2 aromatic rings. The molecule has 0 amide bonds. The Hall–Kier alpha value is -0.830. The third-order valence-corrected chi connectivity index (χ3v) is 5.80. The molecule has 1 aliphatic rings. The monoisotopic (exact) mass is 319 g/mol. The number of rotatable bonds is 5. The van der Waals surface area contributed by atoms with Crippen molar-refractivity contribution in [1.29, 1.82) is 0 Å². The Bertz CT molecular complexity index is 592. The van der Waals surface area contributed by atoms with Crippen molar-refractivity contribution in [2.75, 3.05) is 6.54 Å². The number of benzene rings is 1. The van der Waals surface area contributed by atoms with Crippen molar-refractivity contribution >= 4 is 22.9 Å². The van der Waals surface area contributed by atoms with Gasteiger partial charge < -0.3 is 5.32 Å². The second-order valence-electron chi connectivity index (χ2n) is 5.76. The number of halogens is 1. The molecule has 1 aromatic heterocycles. The summed E-state index contributed by atoms with van der Waals surface area (Å²) in [5, 5.41) is 6.77. The standard InChI is InChI=1S/C18H22ClNS/c1-2-11-20-17(18-16(19)10-12-21-18)15-9-5-7-13-6-3-4-8-14(13)15/h3-4,6,8,10,12,15,17,20H,2,5,7,9,11H2,1H3. The van der Waals surface area contributed by atoms with Crippen molar-refractivity contribution in [2.45, 2.75) is 44.6 Å². The largest absolute Gasteiger partial charge is 0.309 e. The Morgan fingerprint density at radius 3 is 2.95 bits per heavy atom. The van der Waals surface area contributed by atoms with Crippen molar-refractivity contribution in [3.8, 4) is 0 Å². The molecule has 2 atom stereocenters. The van der Waals surface area contributed by atoms with Crippen molar-refractivity contribution in [2.24, 2.45) is 0 Å². The minimum Gasteiger partial charge on any atom is -0.309 e. The normalized spacial score (nSPS) is 19.2. The first-order valence-corrected chi connectivity index (χ1v) is 9.11. The molecule has 1 nitrogen and oxygen atoms in total. The number of thiophene rings is 1. The SMILES string of the molecule is CCCNC(c1sccc1Cl)C1CCCc2ccccc21. The summed E-state index contributed by atoms with van der Waals surface area (Å²) >= 11 is 8.21. The van der Waals surface area contributed by atoms with Gasteiger partial charge in [-0.2, -0.15) is 0 Å². The molecule has 1 aromatic carbocycles. The highest BCUT2D eigenvalue weighted by Crippen LogP contribution is 2.43. The molecule has 0 bridgehead atoms. The van der Waals surface area contributed by atoms with Crippen LogP contribution in [0.4, 0.5) is 0 Å². The fraction of sp³-hybridized carbons (Fsp3) is 0.444. The van der Waals surface area contributed by atoms with E-state index in [1.807, 2.05) is 6.07 Å². The van der Waals surface area contributed by atoms with Gasteiger partial charge in [-0.1, -0.05) is 42.8 Å². The Labute approximate surface area is 136 Å². The Balaban J connectivity index is 1.96. The Morgan fingerprint density at radius 2 is 2.19 bits per heavy atom. The molecule has 0 radical (unpaired) electrons. The molecule has 3 heteroatoms. The molecule has 1 aliphatic carbocycles. The summed E-state index contributed by atoms with van der Waals surface area (Å²) in [7, 11) is 0. The third-order valence-electron chi connectivity index (χ3n) is 4.36. The fourth-order valence-electron chi connectivity index (χ4n) is 3.38. The lowest BCUT2D eigenvalue weighted by Crippen LogP contribution is -2.29. The van der Waals surface area contributed by atoms with Crippen LogP contribution < -0.4 is 5.32 Å². The van der Waals surface area contributed by atoms with E-state index < -0.39 is 0 Å². The van der Waals surface area contributed by atoms with Crippen LogP contribution in [0.5, 0.6) is 0 Å². The maximum Gasteiger partial charge on any atom is 0.0561 e. The predicted molar refractivity (Wildman–Crippen MR) is 92.5 cm³/mol. The highest BCUT2D eigenvalue weighted by Gasteiger charge is 2.30. The second-order valence-corrected chi connectivity index (χ2v) is 7.12. The lowest BCUT2D eigenvalue weighted by molar-refractivity contribution is 0.407. The lowest BCUT2D eigenvalue weighted by Gasteiger charge is -2.33. The van der Waals surface area contributed by atoms with Crippen LogP contribution in [-0.4, -0.2) is 6.54 Å². The minimum atomic E-state index is 0.346. The van der Waals surface area contributed by atoms with E-state index in [9.17, 15) is 0 Å². The maximum atomic E-state index is 6.43. The summed E-state index contributed by atoms with van der Waals surface area (Å²) in [6.07, 6.45) is 4.88. The van der Waals surface area contributed by atoms with E-state index in [-0.39, 0.29) is 0 Å². The van der Waals surface area contributed by atoms with E-state index in [2.05, 4.69) is 41.9 Å². The highest BCUT2D eigenvalue weighted by atomic mass is 35.5. The molecule has 1 N–H and O–H groups in total. The summed E-state index contributed by atoms with van der Waals surface area (Å²) in [5.74, 6) is 0.539. The average Bonchev–Trinajstić information content (AvgIpc) is 2.94. The lowest BCUT2D eigenvalue weighted by atomic mass is 9.78. The van der Waals surface area contributed by atoms with Gasteiger partial charge >= 0.3 is 0 Å². The van der Waals surface area contributed by atoms with E-state index >= 15 is 0 Å². The van der Waals surface area contributed by atoms with Crippen LogP contribution in [0.1, 0.15) is 54.1 Å². The number of hydrogen-bond donors (Lipinski definition) is 1. The molecular formula is C18H22ClNS. The molecule has 21 heavy (non-hydrogen) atoms. The maximum absolute atomic E-state index is 6.43. The second kappa shape index (κ2) is 6.95. The van der Waals surface area contributed by atoms with Gasteiger partial charge in [0.1, 0.15) is 0 Å². The number of nitrogens with one attached hydrogen (secondary N) is 1. The van der Waals surface area contributed by atoms with Gasteiger partial charge in [-0.15, -0.1) is 11.3 Å². The van der Waals surface area contributed by atoms with Crippen molar-refractivity contribution in [1.82, 2.24) is 5.32 Å². The van der Waals surface area contributed by atoms with Crippen LogP contribution in [0.3, 0.4) is 0 Å². The van der Waals surface area contributed by atoms with Gasteiger partial charge in [0.25, 0.3) is 0 Å². The van der Waals surface area contributed by atoms with E-state index in [1.165, 1.54) is 35.3 Å². The van der Waals surface area contributed by atoms with Crippen LogP contribution in [-0.2, 0) is 6.42 Å². The van der Waals surface area contributed by atoms with Crippen LogP contribution >= 0.6 is 22.9 Å². The first-order valence-electron chi connectivity index (χ1n) is 7.85. The van der Waals surface area contributed by atoms with Crippen molar-refractivity contribution in [3.63, 3.8) is 0 Å². The third kappa shape index (κ3) is 3.18. The van der Waals surface area contributed by atoms with Crippen LogP contribution in [0.25, 0.3) is 0 Å². The Morgan fingerprint density at radius 1 is 1.33 bits per heavy atom. The summed E-state index contributed by atoms with van der Waals surface area (Å²) in [5.41, 5.74) is 3.03. The molecule has 0 saturated carbocycles. The van der Waals surface area contributed by atoms with Crippen molar-refractivity contribution < 1.29 is 0 Å². The number of fused-ring (bicyclic) bond motifs is 1. The summed E-state index contributed by atoms with van der Waals surface area (Å²) in [6.45, 7) is 3.26. The molecule has 0 aliphatic heterocycles. The predicted octanol–water partition coefficient (Wildman–Crippen LogP) is 5.56. The van der Waals surface area contributed by atoms with Crippen LogP contribution in [0, 0.1) is 0 Å². The molecule has 0 fully saturated rings. The zero-order valence-electron chi connectivity index (χ0n) is 12.4. The molecule has 112 valence electrons. The van der Waals surface area contributed by atoms with E-state index in [0.29, 0.717) is 12.0 Å². The van der Waals surface area contributed by atoms with Gasteiger partial charge in [0.15, 0.2) is 0 Å². The zero-order valence-corrected chi connectivity index (χ0v) is 14.0. The van der Waals surface area contributed by atoms with Crippen molar-refractivity contribution in [3.05, 3.63) is 56.7 Å². The van der Waals surface area contributed by atoms with Gasteiger partial charge in [0.2, 0.25) is 0 Å². The van der Waals surface area contributed by atoms with E-state index in [0.717, 1.165) is 18.0 Å². The van der Waals surface area contributed by atoms with E-state index in [1.54, 1.807) is 11.3 Å². The minimum absolute atomic E-state index is 0.346. The molecule has 0 spiro atoms. The highest BCUT2D eigenvalue weighted by molar-refractivity contribution is 7.10. The number of hydrogen-bond acceptors (Lipinski definition) is 2. The number of aryl methyl sites for hydroxylation is 1. The van der Waals surface area contributed by atoms with Crippen LogP contribution in [0.15, 0.2) is 35.7 Å². The smallest absolute Gasteiger partial charge is 0.0561 e. The average molecular weight is 320 g/mol. The zero-order chi connectivity index (χ0) is 14.7. The quantitative estimate of drug-likeness (QED) is 0.760. The first kappa shape index (κ1) is 15.1. The Kier molecular flexibility index (Phi) is 4.99. The summed E-state index contributed by atoms with van der Waals surface area (Å²) in [6, 6.07) is 11.3. The van der Waals surface area contributed by atoms with Gasteiger partial charge in [-0.05, 0) is 54.8 Å². The fourth-order valence-corrected chi connectivity index (χ4v) is 4.70. The molecule has 1 heterocycles. The molecule has 3 rings (SSSR count).